The van der Waals surface area contributed by atoms with Gasteiger partial charge in [0.25, 0.3) is 11.8 Å². The lowest BCUT2D eigenvalue weighted by Crippen LogP contribution is -3.14. The Morgan fingerprint density at radius 2 is 1.94 bits per heavy atom. The van der Waals surface area contributed by atoms with Gasteiger partial charge in [-0.1, -0.05) is 6.07 Å². The van der Waals surface area contributed by atoms with E-state index >= 15 is 0 Å². The van der Waals surface area contributed by atoms with Gasteiger partial charge in [-0.2, -0.15) is 4.31 Å². The van der Waals surface area contributed by atoms with Crippen LogP contribution < -0.4 is 14.4 Å². The number of methoxy groups -OCH3 is 2. The largest absolute Gasteiger partial charge is 0.497 e. The number of hydrogen-bond acceptors (Lipinski definition) is 8. The Morgan fingerprint density at radius 1 is 1.16 bits per heavy atom. The zero-order valence-corrected chi connectivity index (χ0v) is 19.2. The van der Waals surface area contributed by atoms with E-state index in [0.29, 0.717) is 49.5 Å². The maximum Gasteiger partial charge on any atom is 0.274 e. The summed E-state index contributed by atoms with van der Waals surface area (Å²) in [7, 11) is -0.751. The zero-order valence-electron chi connectivity index (χ0n) is 17.6. The molecule has 1 aliphatic heterocycles. The minimum absolute atomic E-state index is 0.0302. The van der Waals surface area contributed by atoms with Crippen LogP contribution in [0.5, 0.6) is 11.5 Å². The lowest BCUT2D eigenvalue weighted by atomic mass is 10.2. The fourth-order valence-corrected chi connectivity index (χ4v) is 5.91. The highest BCUT2D eigenvalue weighted by atomic mass is 32.2. The molecule has 9 nitrogen and oxygen atoms in total. The van der Waals surface area contributed by atoms with Crippen molar-refractivity contribution in [1.82, 2.24) is 14.5 Å². The van der Waals surface area contributed by atoms with E-state index in [1.54, 1.807) is 23.5 Å². The molecule has 0 bridgehead atoms. The first-order valence-corrected chi connectivity index (χ1v) is 12.2. The minimum Gasteiger partial charge on any atom is -0.497 e. The molecule has 0 saturated carbocycles. The summed E-state index contributed by atoms with van der Waals surface area (Å²) in [5, 5.41) is 10.3. The van der Waals surface area contributed by atoms with Crippen molar-refractivity contribution in [3.8, 4) is 22.3 Å². The van der Waals surface area contributed by atoms with Crippen molar-refractivity contribution in [1.29, 1.82) is 0 Å². The second-order valence-electron chi connectivity index (χ2n) is 7.22. The summed E-state index contributed by atoms with van der Waals surface area (Å²) < 4.78 is 44.4. The second-order valence-corrected chi connectivity index (χ2v) is 10.1. The van der Waals surface area contributed by atoms with Gasteiger partial charge in [-0.05, 0) is 30.5 Å². The third-order valence-electron chi connectivity index (χ3n) is 5.51. The van der Waals surface area contributed by atoms with Crippen LogP contribution >= 0.6 is 11.3 Å². The Balaban J connectivity index is 1.46. The number of ether oxygens (including phenoxy) is 2. The Kier molecular flexibility index (Phi) is 6.28. The van der Waals surface area contributed by atoms with Crippen LogP contribution in [0, 0.1) is 0 Å². The molecule has 1 aromatic carbocycles. The standard InChI is InChI=1S/C20H24N4O5S2/c1-14(19-21-22-20(29-19)17-5-4-12-30-17)23-8-10-24(11-9-23)31(25,26)18-13-15(27-2)6-7-16(18)28-3/h4-7,12-14H,8-11H2,1-3H3/p+1. The summed E-state index contributed by atoms with van der Waals surface area (Å²) in [5.41, 5.74) is 0. The Bertz CT molecular complexity index is 1120. The van der Waals surface area contributed by atoms with Gasteiger partial charge in [0.15, 0.2) is 6.04 Å². The average Bonchev–Trinajstić information content (AvgIpc) is 3.50. The van der Waals surface area contributed by atoms with Gasteiger partial charge < -0.3 is 18.8 Å². The van der Waals surface area contributed by atoms with Gasteiger partial charge in [-0.25, -0.2) is 8.42 Å². The van der Waals surface area contributed by atoms with E-state index in [4.69, 9.17) is 13.9 Å². The molecule has 1 atom stereocenters. The molecule has 0 amide bonds. The lowest BCUT2D eigenvalue weighted by molar-refractivity contribution is -0.934. The molecule has 4 rings (SSSR count). The number of nitrogens with zero attached hydrogens (tertiary/aromatic N) is 3. The van der Waals surface area contributed by atoms with Crippen molar-refractivity contribution in [3.05, 3.63) is 41.6 Å². The molecule has 31 heavy (non-hydrogen) atoms. The number of rotatable bonds is 7. The van der Waals surface area contributed by atoms with Crippen LogP contribution in [0.1, 0.15) is 18.9 Å². The highest BCUT2D eigenvalue weighted by molar-refractivity contribution is 7.89. The van der Waals surface area contributed by atoms with Crippen LogP contribution in [0.3, 0.4) is 0 Å². The van der Waals surface area contributed by atoms with Gasteiger partial charge in [-0.15, -0.1) is 21.5 Å². The molecule has 11 heteroatoms. The van der Waals surface area contributed by atoms with E-state index in [1.165, 1.54) is 29.5 Å². The molecule has 1 saturated heterocycles. The van der Waals surface area contributed by atoms with E-state index in [2.05, 4.69) is 10.2 Å². The number of hydrogen-bond donors (Lipinski definition) is 1. The number of quaternary nitrogens is 1. The van der Waals surface area contributed by atoms with Crippen molar-refractivity contribution >= 4 is 21.4 Å². The van der Waals surface area contributed by atoms with Crippen molar-refractivity contribution in [2.45, 2.75) is 17.9 Å². The number of sulfonamides is 1. The molecule has 3 aromatic rings. The Morgan fingerprint density at radius 3 is 2.58 bits per heavy atom. The highest BCUT2D eigenvalue weighted by Gasteiger charge is 2.36. The summed E-state index contributed by atoms with van der Waals surface area (Å²) in [6.07, 6.45) is 0. The number of nitrogens with one attached hydrogen (secondary N) is 1. The minimum atomic E-state index is -3.71. The van der Waals surface area contributed by atoms with Gasteiger partial charge in [0.1, 0.15) is 16.4 Å². The first-order chi connectivity index (χ1) is 14.9. The normalized spacial score (nSPS) is 16.9. The second kappa shape index (κ2) is 8.95. The Hall–Kier alpha value is -2.47. The maximum atomic E-state index is 13.3. The molecule has 0 aliphatic carbocycles. The molecular formula is C20H25N4O5S2+. The van der Waals surface area contributed by atoms with Crippen LogP contribution in [0.15, 0.2) is 45.0 Å². The van der Waals surface area contributed by atoms with E-state index in [9.17, 15) is 8.42 Å². The molecule has 3 heterocycles. The van der Waals surface area contributed by atoms with Crippen LogP contribution in [0.2, 0.25) is 0 Å². The SMILES string of the molecule is COc1ccc(OC)c(S(=O)(=O)N2CC[NH+](C(C)c3nnc(-c4cccs4)o3)CC2)c1. The first kappa shape index (κ1) is 21.8. The molecule has 1 aliphatic rings. The van der Waals surface area contributed by atoms with E-state index in [1.807, 2.05) is 24.4 Å². The molecule has 1 N–H and O–H groups in total. The third-order valence-corrected chi connectivity index (χ3v) is 8.29. The number of benzene rings is 1. The number of piperazine rings is 1. The molecule has 2 aromatic heterocycles. The van der Waals surface area contributed by atoms with Crippen LogP contribution in [-0.4, -0.2) is 63.3 Å². The van der Waals surface area contributed by atoms with E-state index in [0.717, 1.165) is 4.88 Å². The summed E-state index contributed by atoms with van der Waals surface area (Å²) >= 11 is 1.55. The van der Waals surface area contributed by atoms with Crippen LogP contribution in [-0.2, 0) is 10.0 Å². The summed E-state index contributed by atoms with van der Waals surface area (Å²) in [6, 6.07) is 8.64. The van der Waals surface area contributed by atoms with Gasteiger partial charge in [0, 0.05) is 6.07 Å². The van der Waals surface area contributed by atoms with Crippen molar-refractivity contribution < 1.29 is 27.2 Å². The highest BCUT2D eigenvalue weighted by Crippen LogP contribution is 2.30. The zero-order chi connectivity index (χ0) is 22.0. The average molecular weight is 466 g/mol. The predicted octanol–water partition coefficient (Wildman–Crippen LogP) is 1.47. The van der Waals surface area contributed by atoms with Gasteiger partial charge in [-0.3, -0.25) is 0 Å². The summed E-state index contributed by atoms with van der Waals surface area (Å²) in [6.45, 7) is 4.05. The lowest BCUT2D eigenvalue weighted by Gasteiger charge is -2.33. The topological polar surface area (TPSA) is 99.2 Å². The molecule has 1 unspecified atom stereocenters. The smallest absolute Gasteiger partial charge is 0.274 e. The number of thiophene rings is 1. The van der Waals surface area contributed by atoms with Crippen molar-refractivity contribution in [3.63, 3.8) is 0 Å². The monoisotopic (exact) mass is 465 g/mol. The van der Waals surface area contributed by atoms with E-state index < -0.39 is 10.0 Å². The predicted molar refractivity (Wildman–Crippen MR) is 115 cm³/mol. The first-order valence-electron chi connectivity index (χ1n) is 9.88. The van der Waals surface area contributed by atoms with Crippen LogP contribution in [0.25, 0.3) is 10.8 Å². The van der Waals surface area contributed by atoms with Gasteiger partial charge in [0.2, 0.25) is 10.0 Å². The molecule has 0 radical (unpaired) electrons. The molecular weight excluding hydrogens is 440 g/mol. The molecule has 166 valence electrons. The number of aromatic nitrogens is 2. The van der Waals surface area contributed by atoms with Crippen molar-refractivity contribution in [2.75, 3.05) is 40.4 Å². The van der Waals surface area contributed by atoms with E-state index in [-0.39, 0.29) is 10.9 Å². The fourth-order valence-electron chi connectivity index (χ4n) is 3.66. The third kappa shape index (κ3) is 4.31. The molecule has 0 spiro atoms. The van der Waals surface area contributed by atoms with Gasteiger partial charge >= 0.3 is 0 Å². The molecule has 1 fully saturated rings. The summed E-state index contributed by atoms with van der Waals surface area (Å²) in [4.78, 5) is 2.25. The quantitative estimate of drug-likeness (QED) is 0.564. The fraction of sp³-hybridized carbons (Fsp3) is 0.400. The van der Waals surface area contributed by atoms with Gasteiger partial charge in [0.05, 0.1) is 45.3 Å². The Labute approximate surface area is 185 Å². The summed E-state index contributed by atoms with van der Waals surface area (Å²) in [5.74, 6) is 1.85. The maximum absolute atomic E-state index is 13.3. The van der Waals surface area contributed by atoms with Crippen molar-refractivity contribution in [2.24, 2.45) is 0 Å². The van der Waals surface area contributed by atoms with Crippen LogP contribution in [0.4, 0.5) is 0 Å².